The predicted octanol–water partition coefficient (Wildman–Crippen LogP) is 4.33. The van der Waals surface area contributed by atoms with E-state index >= 15 is 0 Å². The molecule has 1 aliphatic rings. The molecule has 5 heteroatoms. The highest BCUT2D eigenvalue weighted by Crippen LogP contribution is 2.39. The Hall–Kier alpha value is -1.13. The van der Waals surface area contributed by atoms with Crippen LogP contribution in [0.4, 0.5) is 5.69 Å². The fraction of sp³-hybridized carbons (Fsp3) is 0.357. The van der Waals surface area contributed by atoms with Crippen molar-refractivity contribution < 1.29 is 0 Å². The molecule has 0 bridgehead atoms. The van der Waals surface area contributed by atoms with E-state index in [0.717, 1.165) is 34.3 Å². The molecule has 1 atom stereocenters. The highest BCUT2D eigenvalue weighted by atomic mass is 35.5. The van der Waals surface area contributed by atoms with Gasteiger partial charge in [-0.3, -0.25) is 5.10 Å². The van der Waals surface area contributed by atoms with Crippen molar-refractivity contribution in [2.75, 3.05) is 11.1 Å². The highest BCUT2D eigenvalue weighted by Gasteiger charge is 2.22. The molecular weight excluding hydrogens is 278 g/mol. The summed E-state index contributed by atoms with van der Waals surface area (Å²) in [6.45, 7) is 4.06. The summed E-state index contributed by atoms with van der Waals surface area (Å²) in [6, 6.07) is 6.46. The molecule has 1 unspecified atom stereocenters. The number of hydrogen-bond acceptors (Lipinski definition) is 3. The van der Waals surface area contributed by atoms with Crippen LogP contribution in [0.1, 0.15) is 29.4 Å². The Morgan fingerprint density at radius 1 is 1.42 bits per heavy atom. The monoisotopic (exact) mass is 293 g/mol. The zero-order valence-corrected chi connectivity index (χ0v) is 12.5. The topological polar surface area (TPSA) is 40.7 Å². The first kappa shape index (κ1) is 12.9. The summed E-state index contributed by atoms with van der Waals surface area (Å²) in [5.41, 5.74) is 4.50. The van der Waals surface area contributed by atoms with Gasteiger partial charge in [-0.25, -0.2) is 0 Å². The maximum atomic E-state index is 6.13. The Bertz CT molecular complexity index is 589. The van der Waals surface area contributed by atoms with Crippen LogP contribution in [0.5, 0.6) is 0 Å². The number of halogens is 1. The van der Waals surface area contributed by atoms with Gasteiger partial charge in [0.15, 0.2) is 0 Å². The molecule has 2 heterocycles. The third-order valence-electron chi connectivity index (χ3n) is 3.46. The van der Waals surface area contributed by atoms with E-state index in [1.165, 1.54) is 10.5 Å². The molecule has 3 rings (SSSR count). The maximum Gasteiger partial charge on any atom is 0.0825 e. The van der Waals surface area contributed by atoms with Gasteiger partial charge in [-0.05, 0) is 44.0 Å². The lowest BCUT2D eigenvalue weighted by molar-refractivity contribution is 0.727. The minimum atomic E-state index is 0.310. The minimum Gasteiger partial charge on any atom is -0.375 e. The highest BCUT2D eigenvalue weighted by molar-refractivity contribution is 7.99. The van der Waals surface area contributed by atoms with Crippen LogP contribution >= 0.6 is 23.4 Å². The Morgan fingerprint density at radius 3 is 3.00 bits per heavy atom. The number of thioether (sulfide) groups is 1. The molecule has 0 aliphatic carbocycles. The first-order valence-corrected chi connectivity index (χ1v) is 7.72. The molecule has 1 aromatic carbocycles. The summed E-state index contributed by atoms with van der Waals surface area (Å²) >= 11 is 8.03. The predicted molar refractivity (Wildman–Crippen MR) is 81.2 cm³/mol. The van der Waals surface area contributed by atoms with Crippen LogP contribution < -0.4 is 5.32 Å². The van der Waals surface area contributed by atoms with E-state index in [1.807, 2.05) is 31.7 Å². The average molecular weight is 294 g/mol. The van der Waals surface area contributed by atoms with Crippen molar-refractivity contribution in [3.8, 4) is 0 Å². The largest absolute Gasteiger partial charge is 0.375 e. The third-order valence-corrected chi connectivity index (χ3v) is 4.82. The first-order valence-electron chi connectivity index (χ1n) is 6.35. The smallest absolute Gasteiger partial charge is 0.0825 e. The van der Waals surface area contributed by atoms with Gasteiger partial charge < -0.3 is 5.32 Å². The summed E-state index contributed by atoms with van der Waals surface area (Å²) in [4.78, 5) is 1.33. The van der Waals surface area contributed by atoms with Crippen molar-refractivity contribution in [1.82, 2.24) is 10.2 Å². The van der Waals surface area contributed by atoms with Gasteiger partial charge in [-0.1, -0.05) is 11.6 Å². The lowest BCUT2D eigenvalue weighted by atomic mass is 10.0. The summed E-state index contributed by atoms with van der Waals surface area (Å²) in [7, 11) is 0. The van der Waals surface area contributed by atoms with Gasteiger partial charge in [-0.15, -0.1) is 11.8 Å². The number of nitrogens with zero attached hydrogens (tertiary/aromatic N) is 1. The number of anilines is 1. The Balaban J connectivity index is 1.94. The van der Waals surface area contributed by atoms with Gasteiger partial charge in [0.05, 0.1) is 23.1 Å². The standard InChI is InChI=1S/C14H16ClN3S/c1-8-14(9(2)18-17-8)16-12-5-6-19-13-4-3-10(15)7-11(12)13/h3-4,7,12,16H,5-6H2,1-2H3,(H,17,18). The number of aromatic nitrogens is 2. The number of aromatic amines is 1. The molecule has 1 aliphatic heterocycles. The lowest BCUT2D eigenvalue weighted by Gasteiger charge is -2.27. The van der Waals surface area contributed by atoms with Crippen molar-refractivity contribution in [3.05, 3.63) is 40.2 Å². The van der Waals surface area contributed by atoms with E-state index in [1.54, 1.807) is 0 Å². The molecule has 0 radical (unpaired) electrons. The molecule has 19 heavy (non-hydrogen) atoms. The first-order chi connectivity index (χ1) is 9.15. The Kier molecular flexibility index (Phi) is 3.46. The number of benzene rings is 1. The SMILES string of the molecule is Cc1n[nH]c(C)c1NC1CCSc2ccc(Cl)cc21. The molecule has 0 saturated heterocycles. The fourth-order valence-electron chi connectivity index (χ4n) is 2.45. The van der Waals surface area contributed by atoms with Crippen LogP contribution in [0, 0.1) is 13.8 Å². The van der Waals surface area contributed by atoms with E-state index in [-0.39, 0.29) is 0 Å². The van der Waals surface area contributed by atoms with Gasteiger partial charge >= 0.3 is 0 Å². The van der Waals surface area contributed by atoms with Crippen molar-refractivity contribution in [1.29, 1.82) is 0 Å². The Morgan fingerprint density at radius 2 is 2.26 bits per heavy atom. The molecule has 3 nitrogen and oxygen atoms in total. The summed E-state index contributed by atoms with van der Waals surface area (Å²) in [5, 5.41) is 11.7. The van der Waals surface area contributed by atoms with Crippen molar-refractivity contribution >= 4 is 29.1 Å². The van der Waals surface area contributed by atoms with E-state index < -0.39 is 0 Å². The number of H-pyrrole nitrogens is 1. The molecule has 100 valence electrons. The normalized spacial score (nSPS) is 18.2. The van der Waals surface area contributed by atoms with Crippen LogP contribution in [0.3, 0.4) is 0 Å². The quantitative estimate of drug-likeness (QED) is 0.866. The van der Waals surface area contributed by atoms with Crippen LogP contribution in [-0.2, 0) is 0 Å². The minimum absolute atomic E-state index is 0.310. The van der Waals surface area contributed by atoms with Crippen molar-refractivity contribution in [2.24, 2.45) is 0 Å². The molecule has 0 saturated carbocycles. The number of aryl methyl sites for hydroxylation is 2. The van der Waals surface area contributed by atoms with Gasteiger partial charge in [0.2, 0.25) is 0 Å². The molecular formula is C14H16ClN3S. The number of nitrogens with one attached hydrogen (secondary N) is 2. The van der Waals surface area contributed by atoms with Gasteiger partial charge in [0.1, 0.15) is 0 Å². The second-order valence-corrected chi connectivity index (χ2v) is 6.40. The molecule has 2 N–H and O–H groups in total. The van der Waals surface area contributed by atoms with E-state index in [2.05, 4.69) is 27.6 Å². The van der Waals surface area contributed by atoms with Crippen molar-refractivity contribution in [2.45, 2.75) is 31.2 Å². The zero-order chi connectivity index (χ0) is 13.4. The summed E-state index contributed by atoms with van der Waals surface area (Å²) in [6.07, 6.45) is 1.10. The molecule has 2 aromatic rings. The second kappa shape index (κ2) is 5.10. The van der Waals surface area contributed by atoms with Gasteiger partial charge in [0.25, 0.3) is 0 Å². The summed E-state index contributed by atoms with van der Waals surface area (Å²) in [5.74, 6) is 1.13. The second-order valence-electron chi connectivity index (χ2n) is 4.83. The van der Waals surface area contributed by atoms with E-state index in [4.69, 9.17) is 11.6 Å². The van der Waals surface area contributed by atoms with Gasteiger partial charge in [0, 0.05) is 15.7 Å². The number of rotatable bonds is 2. The molecule has 0 amide bonds. The zero-order valence-electron chi connectivity index (χ0n) is 11.0. The average Bonchev–Trinajstić information content (AvgIpc) is 2.71. The van der Waals surface area contributed by atoms with E-state index in [9.17, 15) is 0 Å². The van der Waals surface area contributed by atoms with Gasteiger partial charge in [-0.2, -0.15) is 5.10 Å². The fourth-order valence-corrected chi connectivity index (χ4v) is 3.74. The van der Waals surface area contributed by atoms with Crippen LogP contribution in [-0.4, -0.2) is 16.0 Å². The molecule has 1 aromatic heterocycles. The Labute approximate surface area is 122 Å². The number of fused-ring (bicyclic) bond motifs is 1. The lowest BCUT2D eigenvalue weighted by Crippen LogP contribution is -2.16. The maximum absolute atomic E-state index is 6.13. The molecule has 0 fully saturated rings. The summed E-state index contributed by atoms with van der Waals surface area (Å²) < 4.78 is 0. The third kappa shape index (κ3) is 2.47. The van der Waals surface area contributed by atoms with Crippen LogP contribution in [0.2, 0.25) is 5.02 Å². The number of hydrogen-bond donors (Lipinski definition) is 2. The van der Waals surface area contributed by atoms with Crippen molar-refractivity contribution in [3.63, 3.8) is 0 Å². The van der Waals surface area contributed by atoms with E-state index in [0.29, 0.717) is 6.04 Å². The van der Waals surface area contributed by atoms with Crippen LogP contribution in [0.25, 0.3) is 0 Å². The molecule has 0 spiro atoms. The van der Waals surface area contributed by atoms with Crippen LogP contribution in [0.15, 0.2) is 23.1 Å².